The van der Waals surface area contributed by atoms with E-state index in [1.54, 1.807) is 20.8 Å². The number of hydrogen-bond acceptors (Lipinski definition) is 6. The molecule has 0 radical (unpaired) electrons. The summed E-state index contributed by atoms with van der Waals surface area (Å²) < 4.78 is 15.4. The average Bonchev–Trinajstić information content (AvgIpc) is 2.47. The van der Waals surface area contributed by atoms with Crippen LogP contribution in [0.5, 0.6) is 0 Å². The Bertz CT molecular complexity index is 480. The van der Waals surface area contributed by atoms with Crippen molar-refractivity contribution >= 4 is 20.3 Å². The fraction of sp³-hybridized carbons (Fsp3) is 0.900. The lowest BCUT2D eigenvalue weighted by Gasteiger charge is -2.41. The molecule has 27 heavy (non-hydrogen) atoms. The normalized spacial score (nSPS) is 15.2. The minimum Gasteiger partial charge on any atom is -0.467 e. The third-order valence-electron chi connectivity index (χ3n) is 4.67. The summed E-state index contributed by atoms with van der Waals surface area (Å²) >= 11 is 0. The van der Waals surface area contributed by atoms with E-state index in [-0.39, 0.29) is 16.4 Å². The van der Waals surface area contributed by atoms with Crippen LogP contribution in [0.15, 0.2) is 0 Å². The molecule has 0 saturated heterocycles. The van der Waals surface area contributed by atoms with Crippen LogP contribution >= 0.6 is 0 Å². The van der Waals surface area contributed by atoms with E-state index in [4.69, 9.17) is 9.16 Å². The van der Waals surface area contributed by atoms with Gasteiger partial charge in [-0.15, -0.1) is 0 Å². The maximum atomic E-state index is 11.8. The van der Waals surface area contributed by atoms with Crippen LogP contribution in [0.1, 0.15) is 62.3 Å². The molecule has 2 atom stereocenters. The summed E-state index contributed by atoms with van der Waals surface area (Å²) in [4.78, 5) is 22.5. The zero-order valence-corrected chi connectivity index (χ0v) is 20.6. The van der Waals surface area contributed by atoms with Crippen molar-refractivity contribution in [3.05, 3.63) is 0 Å². The molecule has 0 rings (SSSR count). The molecule has 2 unspecified atom stereocenters. The van der Waals surface area contributed by atoms with Gasteiger partial charge in [0.1, 0.15) is 6.10 Å². The van der Waals surface area contributed by atoms with Gasteiger partial charge in [0.2, 0.25) is 0 Å². The second-order valence-electron chi connectivity index (χ2n) is 10.4. The maximum Gasteiger partial charge on any atom is 0.335 e. The highest BCUT2D eigenvalue weighted by Crippen LogP contribution is 2.39. The standard InChI is InChI=1S/C13H28O3Si.C7H14O3/c1-12(2,3)10(11(14)15-7)16-17(8,9)13(4,5)6;1-7(2,3)5(8)6(9)10-4/h10H,1-9H3;5,8H,1-4H3. The fourth-order valence-corrected chi connectivity index (χ4v) is 3.01. The largest absolute Gasteiger partial charge is 0.467 e. The molecule has 0 fully saturated rings. The predicted molar refractivity (Wildman–Crippen MR) is 111 cm³/mol. The van der Waals surface area contributed by atoms with Crippen molar-refractivity contribution in [2.75, 3.05) is 14.2 Å². The molecule has 6 nitrogen and oxygen atoms in total. The SMILES string of the molecule is COC(=O)C(O)C(C)(C)C.COC(=O)C(O[Si](C)(C)C(C)(C)C)C(C)(C)C. The van der Waals surface area contributed by atoms with Crippen molar-refractivity contribution < 1.29 is 28.6 Å². The van der Waals surface area contributed by atoms with E-state index in [0.717, 1.165) is 0 Å². The topological polar surface area (TPSA) is 82.1 Å². The molecule has 7 heteroatoms. The van der Waals surface area contributed by atoms with Crippen molar-refractivity contribution in [1.29, 1.82) is 0 Å². The molecule has 0 heterocycles. The zero-order chi connectivity index (χ0) is 22.4. The van der Waals surface area contributed by atoms with Crippen LogP contribution in [0.3, 0.4) is 0 Å². The molecule has 0 amide bonds. The first-order valence-corrected chi connectivity index (χ1v) is 12.1. The quantitative estimate of drug-likeness (QED) is 0.557. The Morgan fingerprint density at radius 2 is 1.15 bits per heavy atom. The third-order valence-corrected chi connectivity index (χ3v) is 9.10. The summed E-state index contributed by atoms with van der Waals surface area (Å²) in [5, 5.41) is 9.27. The van der Waals surface area contributed by atoms with Crippen molar-refractivity contribution in [2.24, 2.45) is 10.8 Å². The number of carbonyl (C=O) groups is 2. The van der Waals surface area contributed by atoms with E-state index in [1.165, 1.54) is 14.2 Å². The van der Waals surface area contributed by atoms with E-state index < -0.39 is 31.9 Å². The summed E-state index contributed by atoms with van der Waals surface area (Å²) in [6.45, 7) is 22.1. The zero-order valence-electron chi connectivity index (χ0n) is 19.6. The molecule has 162 valence electrons. The van der Waals surface area contributed by atoms with Crippen LogP contribution in [0.4, 0.5) is 0 Å². The van der Waals surface area contributed by atoms with Gasteiger partial charge in [-0.05, 0) is 29.0 Å². The second kappa shape index (κ2) is 10.0. The molecule has 0 aromatic heterocycles. The molecule has 0 aliphatic carbocycles. The Labute approximate surface area is 167 Å². The number of aliphatic hydroxyl groups is 1. The summed E-state index contributed by atoms with van der Waals surface area (Å²) in [5.41, 5.74) is -0.685. The first-order chi connectivity index (χ1) is 11.7. The molecule has 1 N–H and O–H groups in total. The lowest BCUT2D eigenvalue weighted by molar-refractivity contribution is -0.156. The number of aliphatic hydroxyl groups excluding tert-OH is 1. The highest BCUT2D eigenvalue weighted by atomic mass is 28.4. The molecule has 0 aromatic rings. The smallest absolute Gasteiger partial charge is 0.335 e. The number of ether oxygens (including phenoxy) is 2. The molecule has 0 saturated carbocycles. The number of hydrogen-bond donors (Lipinski definition) is 1. The van der Waals surface area contributed by atoms with E-state index in [9.17, 15) is 14.7 Å². The summed E-state index contributed by atoms with van der Waals surface area (Å²) in [7, 11) is 0.716. The Morgan fingerprint density at radius 3 is 1.33 bits per heavy atom. The molecule has 0 bridgehead atoms. The molecule has 0 aliphatic rings. The van der Waals surface area contributed by atoms with E-state index in [0.29, 0.717) is 0 Å². The van der Waals surface area contributed by atoms with E-state index in [2.05, 4.69) is 38.6 Å². The van der Waals surface area contributed by atoms with Crippen LogP contribution in [-0.4, -0.2) is 51.8 Å². The van der Waals surface area contributed by atoms with Crippen LogP contribution in [0.2, 0.25) is 18.1 Å². The molecule has 0 aromatic carbocycles. The Kier molecular flexibility index (Phi) is 10.5. The van der Waals surface area contributed by atoms with Gasteiger partial charge in [0.15, 0.2) is 14.4 Å². The third kappa shape index (κ3) is 9.71. The lowest BCUT2D eigenvalue weighted by atomic mass is 9.89. The number of esters is 2. The Morgan fingerprint density at radius 1 is 0.778 bits per heavy atom. The lowest BCUT2D eigenvalue weighted by Crippen LogP contribution is -2.50. The first-order valence-electron chi connectivity index (χ1n) is 9.24. The summed E-state index contributed by atoms with van der Waals surface area (Å²) in [6, 6.07) is 0. The van der Waals surface area contributed by atoms with Crippen molar-refractivity contribution in [1.82, 2.24) is 0 Å². The van der Waals surface area contributed by atoms with E-state index >= 15 is 0 Å². The van der Waals surface area contributed by atoms with Crippen LogP contribution < -0.4 is 0 Å². The van der Waals surface area contributed by atoms with Gasteiger partial charge >= 0.3 is 11.9 Å². The van der Waals surface area contributed by atoms with Crippen LogP contribution in [0, 0.1) is 10.8 Å². The first kappa shape index (κ1) is 28.3. The minimum absolute atomic E-state index is 0.0878. The Hall–Kier alpha value is -0.923. The molecule has 0 aliphatic heterocycles. The van der Waals surface area contributed by atoms with Gasteiger partial charge in [-0.25, -0.2) is 9.59 Å². The van der Waals surface area contributed by atoms with Gasteiger partial charge in [-0.2, -0.15) is 0 Å². The minimum atomic E-state index is -1.96. The molecular formula is C20H42O6Si. The van der Waals surface area contributed by atoms with Crippen LogP contribution in [-0.2, 0) is 23.5 Å². The maximum absolute atomic E-state index is 11.8. The van der Waals surface area contributed by atoms with Crippen LogP contribution in [0.25, 0.3) is 0 Å². The Balaban J connectivity index is 0. The number of rotatable bonds is 4. The van der Waals surface area contributed by atoms with Crippen molar-refractivity contribution in [3.63, 3.8) is 0 Å². The monoisotopic (exact) mass is 406 g/mol. The predicted octanol–water partition coefficient (Wildman–Crippen LogP) is 4.16. The second-order valence-corrected chi connectivity index (χ2v) is 15.2. The highest BCUT2D eigenvalue weighted by molar-refractivity contribution is 6.74. The highest BCUT2D eigenvalue weighted by Gasteiger charge is 2.44. The number of methoxy groups -OCH3 is 2. The van der Waals surface area contributed by atoms with Gasteiger partial charge in [0.05, 0.1) is 14.2 Å². The van der Waals surface area contributed by atoms with Gasteiger partial charge in [-0.3, -0.25) is 0 Å². The van der Waals surface area contributed by atoms with Gasteiger partial charge in [0.25, 0.3) is 0 Å². The van der Waals surface area contributed by atoms with Gasteiger partial charge in [-0.1, -0.05) is 62.3 Å². The average molecular weight is 407 g/mol. The number of carbonyl (C=O) groups excluding carboxylic acids is 2. The summed E-state index contributed by atoms with van der Waals surface area (Å²) in [5.74, 6) is -0.852. The fourth-order valence-electron chi connectivity index (χ4n) is 1.62. The summed E-state index contributed by atoms with van der Waals surface area (Å²) in [6.07, 6.45) is -1.52. The van der Waals surface area contributed by atoms with Gasteiger partial charge < -0.3 is 19.0 Å². The van der Waals surface area contributed by atoms with Gasteiger partial charge in [0, 0.05) is 0 Å². The van der Waals surface area contributed by atoms with E-state index in [1.807, 2.05) is 20.8 Å². The van der Waals surface area contributed by atoms with Crippen molar-refractivity contribution in [3.8, 4) is 0 Å². The molecular weight excluding hydrogens is 364 g/mol. The molecule has 0 spiro atoms. The van der Waals surface area contributed by atoms with Crippen molar-refractivity contribution in [2.45, 2.75) is 92.7 Å².